The Labute approximate surface area is 388 Å². The molecule has 7 aliphatic rings. The van der Waals surface area contributed by atoms with Crippen LogP contribution in [-0.4, -0.2) is 131 Å². The van der Waals surface area contributed by atoms with Gasteiger partial charge in [0.25, 0.3) is 0 Å². The molecule has 19 heteroatoms. The smallest absolute Gasteiger partial charge is 0.336 e. The van der Waals surface area contributed by atoms with Crippen LogP contribution in [-0.2, 0) is 15.1 Å². The van der Waals surface area contributed by atoms with E-state index in [-0.39, 0.29) is 58.1 Å². The largest absolute Gasteiger partial charge is 0.508 e. The molecule has 0 aromatic heterocycles. The Balaban J connectivity index is 1.04. The Kier molecular flexibility index (Phi) is 11.2. The third-order valence-corrected chi connectivity index (χ3v) is 14.6. The summed E-state index contributed by atoms with van der Waals surface area (Å²) in [5.41, 5.74) is -5.57. The average molecular weight is 936 g/mol. The zero-order valence-electron chi connectivity index (χ0n) is 36.5. The Bertz CT molecular complexity index is 2720. The van der Waals surface area contributed by atoms with Crippen LogP contribution in [0.25, 0.3) is 5.76 Å². The van der Waals surface area contributed by atoms with Crippen LogP contribution < -0.4 is 24.4 Å². The molecule has 0 amide bonds. The number of aliphatic imine (C=N–C) groups is 3. The first-order valence-corrected chi connectivity index (χ1v) is 22.4. The maximum absolute atomic E-state index is 13.0. The zero-order valence-corrected chi connectivity index (χ0v) is 36.5. The molecular formula is C49H51N4O15+. The van der Waals surface area contributed by atoms with Gasteiger partial charge in [0, 0.05) is 23.6 Å². The van der Waals surface area contributed by atoms with Crippen molar-refractivity contribution in [3.63, 3.8) is 0 Å². The number of aromatic hydroxyl groups is 2. The molecule has 2 bridgehead atoms. The first-order chi connectivity index (χ1) is 32.6. The first kappa shape index (κ1) is 45.2. The minimum Gasteiger partial charge on any atom is -0.508 e. The molecule has 1 spiro atoms. The van der Waals surface area contributed by atoms with Gasteiger partial charge in [-0.15, -0.1) is 0 Å². The summed E-state index contributed by atoms with van der Waals surface area (Å²) in [7, 11) is 0. The average Bonchev–Trinajstić information content (AvgIpc) is 4.17. The Morgan fingerprint density at radius 1 is 0.985 bits per heavy atom. The van der Waals surface area contributed by atoms with Gasteiger partial charge >= 0.3 is 11.8 Å². The van der Waals surface area contributed by atoms with E-state index in [2.05, 4.69) is 15.0 Å². The molecular weight excluding hydrogens is 885 g/mol. The summed E-state index contributed by atoms with van der Waals surface area (Å²) >= 11 is 0. The number of ether oxygens (including phenoxy) is 5. The Hall–Kier alpha value is -6.61. The molecule has 2 saturated carbocycles. The molecule has 0 radical (unpaired) electrons. The monoisotopic (exact) mass is 935 g/mol. The number of benzene rings is 3. The summed E-state index contributed by atoms with van der Waals surface area (Å²) in [5.74, 6) is -4.34. The van der Waals surface area contributed by atoms with Crippen LogP contribution in [0, 0.1) is 11.3 Å². The normalized spacial score (nSPS) is 31.7. The highest BCUT2D eigenvalue weighted by Gasteiger charge is 2.70. The number of carbonyl (C=O) groups is 1. The molecule has 356 valence electrons. The van der Waals surface area contributed by atoms with Crippen molar-refractivity contribution < 1.29 is 79.8 Å². The highest BCUT2D eigenvalue weighted by Crippen LogP contribution is 2.65. The number of aliphatic hydroxyl groups excluding tert-OH is 4. The van der Waals surface area contributed by atoms with Crippen LogP contribution in [0.4, 0.5) is 0 Å². The number of phenolic OH excluding ortho intramolecular Hbond substituents is 2. The molecule has 4 heterocycles. The number of hydrogen-bond acceptors (Lipinski definition) is 16. The quantitative estimate of drug-likeness (QED) is 0.110. The van der Waals surface area contributed by atoms with E-state index in [1.807, 2.05) is 6.07 Å². The van der Waals surface area contributed by atoms with E-state index in [0.29, 0.717) is 17.5 Å². The molecule has 3 aromatic carbocycles. The van der Waals surface area contributed by atoms with Crippen molar-refractivity contribution in [3.8, 4) is 34.5 Å². The molecule has 19 nitrogen and oxygen atoms in total. The van der Waals surface area contributed by atoms with Crippen molar-refractivity contribution >= 4 is 35.3 Å². The standard InChI is InChI=1S/C49H50N4O15/c50-37-12-11-30(53-37)39(57)36(23-54)64-28-9-7-25(8-10-28)33-20-32(56)38-34(65-33)21-35(41(40(38)58)68-48(26-5-3-6-27(55)19-26)17-4-16-46(48)14-1-2-15-46)66-45-47(62)18-13-29(31-22-51-24-52-31)49(63,44(47)61)42(67-45)43(59)60/h3,5-13,18-21,24,29,33,36,39,42,44-45,50,54-58,61-63H,1-2,4,14-17,22-23H2,(H,59,60)/p+1/t29-,33?,36-,39+,42+,44-,45+,47+,48-,49+/m0/s1. The Morgan fingerprint density at radius 2 is 1.75 bits per heavy atom. The third kappa shape index (κ3) is 7.14. The molecule has 10 atom stereocenters. The van der Waals surface area contributed by atoms with Crippen LogP contribution in [0.3, 0.4) is 0 Å². The van der Waals surface area contributed by atoms with E-state index in [1.165, 1.54) is 42.8 Å². The second-order valence-corrected chi connectivity index (χ2v) is 18.4. The van der Waals surface area contributed by atoms with Gasteiger partial charge in [-0.25, -0.2) is 9.79 Å². The summed E-state index contributed by atoms with van der Waals surface area (Å²) < 4.78 is 31.9. The number of nitrogens with zero attached hydrogens (tertiary/aromatic N) is 3. The van der Waals surface area contributed by atoms with Crippen LogP contribution in [0.2, 0.25) is 0 Å². The lowest BCUT2D eigenvalue weighted by atomic mass is 9.64. The van der Waals surface area contributed by atoms with Crippen molar-refractivity contribution in [2.45, 2.75) is 98.6 Å². The number of carboxylic acid groups (broad SMARTS) is 1. The fourth-order valence-electron chi connectivity index (χ4n) is 11.2. The van der Waals surface area contributed by atoms with E-state index in [4.69, 9.17) is 29.1 Å². The maximum Gasteiger partial charge on any atom is 0.336 e. The lowest BCUT2D eigenvalue weighted by molar-refractivity contribution is -0.337. The number of rotatable bonds is 13. The highest BCUT2D eigenvalue weighted by molar-refractivity contribution is 6.15. The van der Waals surface area contributed by atoms with Gasteiger partial charge in [0.05, 0.1) is 24.8 Å². The fourth-order valence-corrected chi connectivity index (χ4v) is 11.2. The van der Waals surface area contributed by atoms with Crippen LogP contribution in [0.15, 0.2) is 100.0 Å². The van der Waals surface area contributed by atoms with Gasteiger partial charge in [0.2, 0.25) is 12.0 Å². The van der Waals surface area contributed by atoms with Crippen molar-refractivity contribution in [1.82, 2.24) is 0 Å². The van der Waals surface area contributed by atoms with E-state index in [9.17, 15) is 50.8 Å². The number of amidine groups is 1. The molecule has 10 rings (SSSR count). The van der Waals surface area contributed by atoms with E-state index < -0.39 is 89.0 Å². The molecule has 4 aliphatic heterocycles. The second kappa shape index (κ2) is 16.9. The summed E-state index contributed by atoms with van der Waals surface area (Å²) in [5, 5.41) is 108. The van der Waals surface area contributed by atoms with E-state index in [1.54, 1.807) is 36.4 Å². The van der Waals surface area contributed by atoms with Crippen LogP contribution in [0.5, 0.6) is 34.5 Å². The number of aliphatic hydroxyl groups is 6. The van der Waals surface area contributed by atoms with Gasteiger partial charge in [-0.2, -0.15) is 0 Å². The molecule has 11 N–H and O–H groups in total. The lowest BCUT2D eigenvalue weighted by Gasteiger charge is -2.56. The van der Waals surface area contributed by atoms with Crippen LogP contribution >= 0.6 is 0 Å². The summed E-state index contributed by atoms with van der Waals surface area (Å²) in [6.07, 6.45) is 3.41. The van der Waals surface area contributed by atoms with Gasteiger partial charge in [-0.3, -0.25) is 10.4 Å². The molecule has 3 aromatic rings. The number of aliphatic carboxylic acids is 1. The van der Waals surface area contributed by atoms with Gasteiger partial charge in [-0.05, 0) is 84.6 Å². The minimum absolute atomic E-state index is 0.00456. The van der Waals surface area contributed by atoms with Crippen molar-refractivity contribution in [2.75, 3.05) is 13.2 Å². The molecule has 68 heavy (non-hydrogen) atoms. The molecule has 1 unspecified atom stereocenters. The molecule has 1 saturated heterocycles. The number of phenols is 2. The van der Waals surface area contributed by atoms with Crippen molar-refractivity contribution in [1.29, 1.82) is 0 Å². The number of carboxylic acids is 1. The van der Waals surface area contributed by atoms with Gasteiger partial charge < -0.3 is 69.6 Å². The van der Waals surface area contributed by atoms with Gasteiger partial charge in [0.1, 0.15) is 58.3 Å². The SMILES string of the molecule is [NH2+]=C1C=CC([C@@H](O)[C@H](CO)Oc2ccc(C3C=C(O)c4c(cc(O[C@@H]5O[C@H](C(=O)O)[C@]6(O)[C@H](C7=NC=NC7)C=C[C@@]5(O)[C@@H]6O)c(O[C@]5(c6cccc(O)c6)CCCC56CCCC6)c4O)O3)cc2)=N1. The van der Waals surface area contributed by atoms with E-state index >= 15 is 0 Å². The zero-order chi connectivity index (χ0) is 47.8. The summed E-state index contributed by atoms with van der Waals surface area (Å²) in [6.45, 7) is -0.545. The molecule has 3 aliphatic carbocycles. The van der Waals surface area contributed by atoms with Gasteiger partial charge in [0.15, 0.2) is 41.1 Å². The number of fused-ring (bicyclic) bond motifs is 3. The topological polar surface area (TPSA) is 308 Å². The third-order valence-electron chi connectivity index (χ3n) is 14.6. The van der Waals surface area contributed by atoms with E-state index in [0.717, 1.165) is 44.6 Å². The summed E-state index contributed by atoms with van der Waals surface area (Å²) in [4.78, 5) is 25.2. The lowest BCUT2D eigenvalue weighted by Crippen LogP contribution is -2.78. The first-order valence-electron chi connectivity index (χ1n) is 22.4. The van der Waals surface area contributed by atoms with Crippen LogP contribution in [0.1, 0.15) is 67.7 Å². The molecule has 3 fully saturated rings. The Morgan fingerprint density at radius 3 is 2.43 bits per heavy atom. The number of nitrogens with two attached hydrogens (primary N) is 1. The maximum atomic E-state index is 13.0. The predicted octanol–water partition coefficient (Wildman–Crippen LogP) is 2.10. The minimum atomic E-state index is -2.65. The predicted molar refractivity (Wildman–Crippen MR) is 241 cm³/mol. The van der Waals surface area contributed by atoms with Crippen molar-refractivity contribution in [2.24, 2.45) is 26.3 Å². The van der Waals surface area contributed by atoms with Crippen molar-refractivity contribution in [3.05, 3.63) is 102 Å². The number of hydrogen-bond donors (Lipinski definition) is 10. The fraction of sp³-hybridized carbons (Fsp3) is 0.408. The highest BCUT2D eigenvalue weighted by atomic mass is 16.7. The second-order valence-electron chi connectivity index (χ2n) is 18.4. The van der Waals surface area contributed by atoms with Gasteiger partial charge in [-0.1, -0.05) is 43.2 Å². The summed E-state index contributed by atoms with van der Waals surface area (Å²) in [6, 6.07) is 14.3.